The van der Waals surface area contributed by atoms with Crippen LogP contribution in [0.5, 0.6) is 0 Å². The molecule has 2 aromatic rings. The second kappa shape index (κ2) is 13.6. The first kappa shape index (κ1) is 29.5. The van der Waals surface area contributed by atoms with E-state index in [9.17, 15) is 9.00 Å². The summed E-state index contributed by atoms with van der Waals surface area (Å²) in [6, 6.07) is 3.51. The Kier molecular flexibility index (Phi) is 11.2. The molecule has 1 saturated carbocycles. The van der Waals surface area contributed by atoms with Crippen LogP contribution in [0.25, 0.3) is 10.4 Å². The lowest BCUT2D eigenvalue weighted by Crippen LogP contribution is -2.37. The summed E-state index contributed by atoms with van der Waals surface area (Å²) < 4.78 is 20.7. The van der Waals surface area contributed by atoms with Gasteiger partial charge in [0.2, 0.25) is 0 Å². The molecule has 2 aliphatic rings. The molecule has 1 aromatic heterocycles. The van der Waals surface area contributed by atoms with E-state index in [4.69, 9.17) is 33.7 Å². The van der Waals surface area contributed by atoms with Gasteiger partial charge in [-0.3, -0.25) is 4.79 Å². The number of primary amides is 1. The second-order valence-corrected chi connectivity index (χ2v) is 13.0. The number of hydrogen-bond donors (Lipinski definition) is 3. The van der Waals surface area contributed by atoms with Crippen LogP contribution in [0.3, 0.4) is 0 Å². The molecule has 1 aromatic carbocycles. The van der Waals surface area contributed by atoms with E-state index in [1.54, 1.807) is 12.1 Å². The van der Waals surface area contributed by atoms with Crippen molar-refractivity contribution in [3.8, 4) is 10.4 Å². The van der Waals surface area contributed by atoms with Crippen LogP contribution in [0.1, 0.15) is 68.4 Å². The summed E-state index contributed by atoms with van der Waals surface area (Å²) in [7, 11) is -1.51. The lowest BCUT2D eigenvalue weighted by Gasteiger charge is -2.21. The van der Waals surface area contributed by atoms with Gasteiger partial charge in [-0.2, -0.15) is 0 Å². The predicted molar refractivity (Wildman–Crippen MR) is 149 cm³/mol. The van der Waals surface area contributed by atoms with Gasteiger partial charge in [0.15, 0.2) is 5.01 Å². The van der Waals surface area contributed by atoms with Crippen LogP contribution in [0.15, 0.2) is 17.0 Å². The minimum Gasteiger partial charge on any atom is -0.379 e. The Morgan fingerprint density at radius 3 is 2.39 bits per heavy atom. The van der Waals surface area contributed by atoms with Gasteiger partial charge < -0.3 is 15.8 Å². The molecule has 1 unspecified atom stereocenters. The summed E-state index contributed by atoms with van der Waals surface area (Å²) >= 11 is 14.4. The number of hydrogen-bond acceptors (Lipinski definition) is 6. The zero-order valence-electron chi connectivity index (χ0n) is 21.1. The fourth-order valence-electron chi connectivity index (χ4n) is 4.17. The van der Waals surface area contributed by atoms with Gasteiger partial charge in [-0.1, -0.05) is 61.4 Å². The van der Waals surface area contributed by atoms with Crippen molar-refractivity contribution in [3.05, 3.63) is 32.9 Å². The van der Waals surface area contributed by atoms with Gasteiger partial charge in [0.25, 0.3) is 5.91 Å². The van der Waals surface area contributed by atoms with E-state index in [1.165, 1.54) is 30.6 Å². The topological polar surface area (TPSA) is 106 Å². The smallest absolute Gasteiger partial charge is 0.277 e. The molecule has 1 amide bonds. The van der Waals surface area contributed by atoms with Crippen molar-refractivity contribution in [2.75, 3.05) is 26.3 Å². The third-order valence-electron chi connectivity index (χ3n) is 5.85. The number of morpholine rings is 1. The van der Waals surface area contributed by atoms with E-state index in [2.05, 4.69) is 15.0 Å². The number of carbonyl (C=O) groups excluding carboxylic acids is 1. The van der Waals surface area contributed by atoms with Crippen LogP contribution in [-0.4, -0.2) is 46.9 Å². The van der Waals surface area contributed by atoms with Crippen molar-refractivity contribution in [2.45, 2.75) is 69.7 Å². The van der Waals surface area contributed by atoms with E-state index in [0.717, 1.165) is 56.1 Å². The normalized spacial score (nSPS) is 17.8. The van der Waals surface area contributed by atoms with Crippen LogP contribution < -0.4 is 15.8 Å². The van der Waals surface area contributed by atoms with Crippen molar-refractivity contribution in [1.29, 1.82) is 0 Å². The molecule has 1 saturated heterocycles. The molecule has 1 aliphatic carbocycles. The van der Waals surface area contributed by atoms with E-state index in [0.29, 0.717) is 21.4 Å². The number of carbonyl (C=O) groups is 1. The zero-order valence-corrected chi connectivity index (χ0v) is 24.3. The lowest BCUT2D eigenvalue weighted by molar-refractivity contribution is 0.0999. The standard InChI is InChI=1S/C21H27Cl2N3O2S2.C4H9NO/c1-21(2,3)26-30(28)15-10-9-13(16(22)17(15)23)18-14(25-20(29-18)19(24)27)11-12-7-5-4-6-8-12;1-3-6-4-2-5-1/h9-10,12,26H,4-8,11H2,1-3H3,(H2,24,27);5H,1-4H2. The van der Waals surface area contributed by atoms with Gasteiger partial charge in [-0.15, -0.1) is 11.3 Å². The summed E-state index contributed by atoms with van der Waals surface area (Å²) in [4.78, 5) is 17.5. The number of nitrogens with one attached hydrogen (secondary N) is 2. The highest BCUT2D eigenvalue weighted by Crippen LogP contribution is 2.42. The molecule has 2 fully saturated rings. The average molecular weight is 576 g/mol. The highest BCUT2D eigenvalue weighted by Gasteiger charge is 2.25. The minimum atomic E-state index is -1.51. The molecule has 0 bridgehead atoms. The maximum absolute atomic E-state index is 12.7. The molecule has 1 aliphatic heterocycles. The average Bonchev–Trinajstić information content (AvgIpc) is 3.25. The molecule has 7 nitrogen and oxygen atoms in total. The highest BCUT2D eigenvalue weighted by atomic mass is 35.5. The first-order chi connectivity index (χ1) is 17.1. The largest absolute Gasteiger partial charge is 0.379 e. The van der Waals surface area contributed by atoms with Crippen molar-refractivity contribution >= 4 is 51.4 Å². The summed E-state index contributed by atoms with van der Waals surface area (Å²) in [6.07, 6.45) is 6.82. The summed E-state index contributed by atoms with van der Waals surface area (Å²) in [6.45, 7) is 9.61. The Morgan fingerprint density at radius 1 is 1.19 bits per heavy atom. The van der Waals surface area contributed by atoms with Crippen molar-refractivity contribution in [1.82, 2.24) is 15.0 Å². The number of benzene rings is 1. The van der Waals surface area contributed by atoms with Crippen LogP contribution in [0.2, 0.25) is 10.0 Å². The van der Waals surface area contributed by atoms with Crippen molar-refractivity contribution in [2.24, 2.45) is 11.7 Å². The molecule has 200 valence electrons. The van der Waals surface area contributed by atoms with Crippen LogP contribution >= 0.6 is 34.5 Å². The maximum Gasteiger partial charge on any atom is 0.277 e. The fraction of sp³-hybridized carbons (Fsp3) is 0.600. The fourth-order valence-corrected chi connectivity index (χ4v) is 7.02. The van der Waals surface area contributed by atoms with E-state index >= 15 is 0 Å². The summed E-state index contributed by atoms with van der Waals surface area (Å²) in [5.41, 5.74) is 6.68. The van der Waals surface area contributed by atoms with Crippen LogP contribution in [-0.2, 0) is 22.1 Å². The molecule has 1 atom stereocenters. The summed E-state index contributed by atoms with van der Waals surface area (Å²) in [5.74, 6) is -0.0113. The van der Waals surface area contributed by atoms with Gasteiger partial charge in [0.05, 0.1) is 38.7 Å². The lowest BCUT2D eigenvalue weighted by atomic mass is 9.85. The highest BCUT2D eigenvalue weighted by molar-refractivity contribution is 7.83. The molecule has 11 heteroatoms. The van der Waals surface area contributed by atoms with Gasteiger partial charge in [0.1, 0.15) is 11.0 Å². The van der Waals surface area contributed by atoms with Crippen molar-refractivity contribution < 1.29 is 13.7 Å². The number of rotatable bonds is 6. The molecule has 0 radical (unpaired) electrons. The molecule has 36 heavy (non-hydrogen) atoms. The Morgan fingerprint density at radius 2 is 1.86 bits per heavy atom. The number of halogens is 2. The number of amides is 1. The summed E-state index contributed by atoms with van der Waals surface area (Å²) in [5, 5.41) is 3.97. The molecule has 0 spiro atoms. The number of aromatic nitrogens is 1. The maximum atomic E-state index is 12.7. The number of thiazole rings is 1. The zero-order chi connectivity index (χ0) is 26.3. The third kappa shape index (κ3) is 8.48. The first-order valence-electron chi connectivity index (χ1n) is 12.3. The number of nitrogens with two attached hydrogens (primary N) is 1. The van der Waals surface area contributed by atoms with Crippen molar-refractivity contribution in [3.63, 3.8) is 0 Å². The Balaban J connectivity index is 0.000000526. The Bertz CT molecular complexity index is 1050. The predicted octanol–water partition coefficient (Wildman–Crippen LogP) is 5.36. The SMILES string of the molecule is C1COCCN1.CC(C)(C)NS(=O)c1ccc(-c2sc(C(N)=O)nc2CC2CCCCC2)c(Cl)c1Cl. The number of ether oxygens (including phenoxy) is 1. The number of nitrogens with zero attached hydrogens (tertiary/aromatic N) is 1. The molecule has 2 heterocycles. The van der Waals surface area contributed by atoms with Gasteiger partial charge in [0, 0.05) is 24.2 Å². The Labute approximate surface area is 230 Å². The van der Waals surface area contributed by atoms with Crippen LogP contribution in [0.4, 0.5) is 0 Å². The minimum absolute atomic E-state index is 0.238. The molecular formula is C25H36Cl2N4O3S2. The molecule has 4 N–H and O–H groups in total. The van der Waals surface area contributed by atoms with E-state index in [-0.39, 0.29) is 15.6 Å². The first-order valence-corrected chi connectivity index (χ1v) is 15.0. The van der Waals surface area contributed by atoms with Crippen LogP contribution in [0, 0.1) is 5.92 Å². The van der Waals surface area contributed by atoms with E-state index in [1.807, 2.05) is 20.8 Å². The van der Waals surface area contributed by atoms with Gasteiger partial charge >= 0.3 is 0 Å². The quantitative estimate of drug-likeness (QED) is 0.430. The molecule has 4 rings (SSSR count). The monoisotopic (exact) mass is 574 g/mol. The molecular weight excluding hydrogens is 539 g/mol. The van der Waals surface area contributed by atoms with Gasteiger partial charge in [-0.25, -0.2) is 13.9 Å². The second-order valence-electron chi connectivity index (χ2n) is 10.1. The third-order valence-corrected chi connectivity index (χ3v) is 9.53. The Hall–Kier alpha value is -1.07. The van der Waals surface area contributed by atoms with E-state index < -0.39 is 16.9 Å². The van der Waals surface area contributed by atoms with Gasteiger partial charge in [-0.05, 0) is 39.2 Å².